The highest BCUT2D eigenvalue weighted by Crippen LogP contribution is 2.22. The molecule has 2 aromatic rings. The number of benzene rings is 1. The average Bonchev–Trinajstić information content (AvgIpc) is 2.60. The number of carbonyl (C=O) groups is 1. The summed E-state index contributed by atoms with van der Waals surface area (Å²) in [4.78, 5) is 10.7. The van der Waals surface area contributed by atoms with Gasteiger partial charge in [0, 0.05) is 18.3 Å². The van der Waals surface area contributed by atoms with Gasteiger partial charge in [0.15, 0.2) is 0 Å². The molecule has 82 valence electrons. The third kappa shape index (κ3) is 1.69. The van der Waals surface area contributed by atoms with Crippen molar-refractivity contribution in [2.75, 3.05) is 0 Å². The van der Waals surface area contributed by atoms with E-state index in [0.717, 1.165) is 16.8 Å². The second kappa shape index (κ2) is 3.81. The zero-order valence-corrected chi connectivity index (χ0v) is 9.14. The maximum absolute atomic E-state index is 10.7. The number of rotatable bonds is 2. The predicted octanol–water partition coefficient (Wildman–Crippen LogP) is 2.09. The van der Waals surface area contributed by atoms with Crippen molar-refractivity contribution in [3.63, 3.8) is 0 Å². The summed E-state index contributed by atoms with van der Waals surface area (Å²) in [5.74, 6) is -0.908. The van der Waals surface area contributed by atoms with Crippen LogP contribution in [0.4, 0.5) is 0 Å². The summed E-state index contributed by atoms with van der Waals surface area (Å²) in [7, 11) is 1.88. The van der Waals surface area contributed by atoms with Crippen LogP contribution >= 0.6 is 0 Å². The lowest BCUT2D eigenvalue weighted by Crippen LogP contribution is -1.95. The minimum Gasteiger partial charge on any atom is -0.478 e. The maximum Gasteiger partial charge on any atom is 0.335 e. The number of hydrogen-bond donors (Lipinski definition) is 1. The van der Waals surface area contributed by atoms with Gasteiger partial charge in [-0.15, -0.1) is 0 Å². The minimum absolute atomic E-state index is 0.297. The van der Waals surface area contributed by atoms with Crippen LogP contribution in [0.1, 0.15) is 16.1 Å². The van der Waals surface area contributed by atoms with Crippen LogP contribution in [0.2, 0.25) is 0 Å². The SMILES string of the molecule is Cc1c(-c2ccc(C(=O)O)cc2)cnn1C. The van der Waals surface area contributed by atoms with Gasteiger partial charge in [-0.1, -0.05) is 12.1 Å². The Kier molecular flexibility index (Phi) is 2.48. The van der Waals surface area contributed by atoms with E-state index in [4.69, 9.17) is 5.11 Å². The third-order valence-electron chi connectivity index (χ3n) is 2.68. The average molecular weight is 216 g/mol. The van der Waals surface area contributed by atoms with Crippen LogP contribution < -0.4 is 0 Å². The molecule has 1 aromatic carbocycles. The molecule has 2 rings (SSSR count). The fraction of sp³-hybridized carbons (Fsp3) is 0.167. The van der Waals surface area contributed by atoms with E-state index in [2.05, 4.69) is 5.10 Å². The van der Waals surface area contributed by atoms with Crippen molar-refractivity contribution in [3.8, 4) is 11.1 Å². The highest BCUT2D eigenvalue weighted by atomic mass is 16.4. The Balaban J connectivity index is 2.42. The first-order valence-corrected chi connectivity index (χ1v) is 4.92. The van der Waals surface area contributed by atoms with Gasteiger partial charge in [0.05, 0.1) is 11.8 Å². The Bertz CT molecular complexity index is 526. The quantitative estimate of drug-likeness (QED) is 0.836. The molecule has 0 bridgehead atoms. The van der Waals surface area contributed by atoms with Gasteiger partial charge in [-0.2, -0.15) is 5.10 Å². The Morgan fingerprint density at radius 1 is 1.31 bits per heavy atom. The molecule has 0 aliphatic rings. The van der Waals surface area contributed by atoms with Gasteiger partial charge in [0.25, 0.3) is 0 Å². The molecule has 0 aliphatic carbocycles. The van der Waals surface area contributed by atoms with Gasteiger partial charge in [0.2, 0.25) is 0 Å². The largest absolute Gasteiger partial charge is 0.478 e. The number of carboxylic acids is 1. The van der Waals surface area contributed by atoms with Crippen molar-refractivity contribution < 1.29 is 9.90 Å². The van der Waals surface area contributed by atoms with Crippen molar-refractivity contribution in [1.82, 2.24) is 9.78 Å². The topological polar surface area (TPSA) is 55.1 Å². The van der Waals surface area contributed by atoms with Crippen LogP contribution in [0.5, 0.6) is 0 Å². The number of hydrogen-bond acceptors (Lipinski definition) is 2. The molecule has 0 amide bonds. The highest BCUT2D eigenvalue weighted by molar-refractivity contribution is 5.88. The maximum atomic E-state index is 10.7. The fourth-order valence-electron chi connectivity index (χ4n) is 1.57. The number of aromatic nitrogens is 2. The summed E-state index contributed by atoms with van der Waals surface area (Å²) in [6, 6.07) is 6.80. The van der Waals surface area contributed by atoms with Gasteiger partial charge in [-0.05, 0) is 24.6 Å². The fourth-order valence-corrected chi connectivity index (χ4v) is 1.57. The molecule has 0 aliphatic heterocycles. The van der Waals surface area contributed by atoms with Crippen LogP contribution in [0.15, 0.2) is 30.5 Å². The molecule has 1 heterocycles. The Hall–Kier alpha value is -2.10. The van der Waals surface area contributed by atoms with Crippen LogP contribution in [0, 0.1) is 6.92 Å². The van der Waals surface area contributed by atoms with Gasteiger partial charge in [-0.25, -0.2) is 4.79 Å². The van der Waals surface area contributed by atoms with Crippen molar-refractivity contribution in [3.05, 3.63) is 41.7 Å². The van der Waals surface area contributed by atoms with Crippen molar-refractivity contribution >= 4 is 5.97 Å². The van der Waals surface area contributed by atoms with E-state index in [-0.39, 0.29) is 0 Å². The summed E-state index contributed by atoms with van der Waals surface area (Å²) < 4.78 is 1.79. The molecule has 1 N–H and O–H groups in total. The molecule has 1 aromatic heterocycles. The summed E-state index contributed by atoms with van der Waals surface area (Å²) in [6.07, 6.45) is 1.78. The van der Waals surface area contributed by atoms with Crippen molar-refractivity contribution in [2.24, 2.45) is 7.05 Å². The van der Waals surface area contributed by atoms with Gasteiger partial charge in [0.1, 0.15) is 0 Å². The first-order valence-electron chi connectivity index (χ1n) is 4.92. The Labute approximate surface area is 93.1 Å². The zero-order valence-electron chi connectivity index (χ0n) is 9.14. The first kappa shape index (κ1) is 10.4. The standard InChI is InChI=1S/C12H12N2O2/c1-8-11(7-13-14(8)2)9-3-5-10(6-4-9)12(15)16/h3-7H,1-2H3,(H,15,16). The summed E-state index contributed by atoms with van der Waals surface area (Å²) in [5.41, 5.74) is 3.36. The molecule has 0 saturated heterocycles. The lowest BCUT2D eigenvalue weighted by molar-refractivity contribution is 0.0697. The second-order valence-corrected chi connectivity index (χ2v) is 3.65. The smallest absolute Gasteiger partial charge is 0.335 e. The van der Waals surface area contributed by atoms with E-state index in [0.29, 0.717) is 5.56 Å². The lowest BCUT2D eigenvalue weighted by atomic mass is 10.1. The van der Waals surface area contributed by atoms with E-state index in [9.17, 15) is 4.79 Å². The second-order valence-electron chi connectivity index (χ2n) is 3.65. The van der Waals surface area contributed by atoms with E-state index in [1.165, 1.54) is 0 Å². The van der Waals surface area contributed by atoms with E-state index >= 15 is 0 Å². The Morgan fingerprint density at radius 3 is 2.38 bits per heavy atom. The van der Waals surface area contributed by atoms with E-state index < -0.39 is 5.97 Å². The number of aryl methyl sites for hydroxylation is 1. The molecular weight excluding hydrogens is 204 g/mol. The molecule has 4 heteroatoms. The van der Waals surface area contributed by atoms with Crippen LogP contribution in [-0.2, 0) is 7.05 Å². The highest BCUT2D eigenvalue weighted by Gasteiger charge is 2.07. The molecular formula is C12H12N2O2. The predicted molar refractivity (Wildman–Crippen MR) is 60.3 cm³/mol. The van der Waals surface area contributed by atoms with Gasteiger partial charge >= 0.3 is 5.97 Å². The molecule has 0 fully saturated rings. The minimum atomic E-state index is -0.908. The molecule has 16 heavy (non-hydrogen) atoms. The van der Waals surface area contributed by atoms with Crippen molar-refractivity contribution in [1.29, 1.82) is 0 Å². The molecule has 0 radical (unpaired) electrons. The Morgan fingerprint density at radius 2 is 1.94 bits per heavy atom. The number of carboxylic acid groups (broad SMARTS) is 1. The molecule has 4 nitrogen and oxygen atoms in total. The molecule has 0 saturated carbocycles. The monoisotopic (exact) mass is 216 g/mol. The van der Waals surface area contributed by atoms with Crippen LogP contribution in [0.3, 0.4) is 0 Å². The third-order valence-corrected chi connectivity index (χ3v) is 2.68. The normalized spacial score (nSPS) is 10.4. The summed E-state index contributed by atoms with van der Waals surface area (Å²) in [5, 5.41) is 12.9. The van der Waals surface area contributed by atoms with Crippen LogP contribution in [-0.4, -0.2) is 20.9 Å². The molecule has 0 atom stereocenters. The van der Waals surface area contributed by atoms with Gasteiger partial charge < -0.3 is 5.11 Å². The summed E-state index contributed by atoms with van der Waals surface area (Å²) >= 11 is 0. The molecule has 0 spiro atoms. The first-order chi connectivity index (χ1) is 7.59. The summed E-state index contributed by atoms with van der Waals surface area (Å²) in [6.45, 7) is 1.98. The van der Waals surface area contributed by atoms with Crippen LogP contribution in [0.25, 0.3) is 11.1 Å². The zero-order chi connectivity index (χ0) is 11.7. The van der Waals surface area contributed by atoms with E-state index in [1.807, 2.05) is 14.0 Å². The van der Waals surface area contributed by atoms with Gasteiger partial charge in [-0.3, -0.25) is 4.68 Å². The lowest BCUT2D eigenvalue weighted by Gasteiger charge is -2.01. The van der Waals surface area contributed by atoms with Crippen molar-refractivity contribution in [2.45, 2.75) is 6.92 Å². The molecule has 0 unspecified atom stereocenters. The number of nitrogens with zero attached hydrogens (tertiary/aromatic N) is 2. The van der Waals surface area contributed by atoms with E-state index in [1.54, 1.807) is 35.1 Å². The number of aromatic carboxylic acids is 1.